The van der Waals surface area contributed by atoms with E-state index in [4.69, 9.17) is 5.73 Å². The first-order valence-corrected chi connectivity index (χ1v) is 5.03. The number of alkyl halides is 3. The van der Waals surface area contributed by atoms with Gasteiger partial charge in [0.15, 0.2) is 0 Å². The summed E-state index contributed by atoms with van der Waals surface area (Å²) in [5, 5.41) is 2.35. The Hall–Kier alpha value is -0.430. The highest BCUT2D eigenvalue weighted by Crippen LogP contribution is 2.29. The van der Waals surface area contributed by atoms with Gasteiger partial charge >= 0.3 is 5.51 Å². The van der Waals surface area contributed by atoms with E-state index >= 15 is 0 Å². The fourth-order valence-corrected chi connectivity index (χ4v) is 1.03. The molecule has 84 valence electrons. The molecule has 0 aromatic rings. The van der Waals surface area contributed by atoms with E-state index in [9.17, 15) is 18.0 Å². The van der Waals surface area contributed by atoms with Crippen LogP contribution in [-0.2, 0) is 4.79 Å². The van der Waals surface area contributed by atoms with Crippen LogP contribution >= 0.6 is 11.8 Å². The third-order valence-corrected chi connectivity index (χ3v) is 2.02. The van der Waals surface area contributed by atoms with Crippen LogP contribution in [-0.4, -0.2) is 29.8 Å². The first-order chi connectivity index (χ1) is 6.31. The molecule has 1 amide bonds. The van der Waals surface area contributed by atoms with Crippen molar-refractivity contribution >= 4 is 17.7 Å². The van der Waals surface area contributed by atoms with Gasteiger partial charge in [0.1, 0.15) is 0 Å². The van der Waals surface area contributed by atoms with Gasteiger partial charge in [0.2, 0.25) is 5.91 Å². The van der Waals surface area contributed by atoms with E-state index in [1.165, 1.54) is 0 Å². The summed E-state index contributed by atoms with van der Waals surface area (Å²) in [5.74, 6) is -1.21. The molecule has 3 N–H and O–H groups in total. The molecular weight excluding hydrogens is 217 g/mol. The number of rotatable bonds is 5. The third-order valence-electron chi connectivity index (χ3n) is 1.29. The summed E-state index contributed by atoms with van der Waals surface area (Å²) in [4.78, 5) is 10.8. The van der Waals surface area contributed by atoms with Crippen molar-refractivity contribution in [2.24, 2.45) is 5.73 Å². The van der Waals surface area contributed by atoms with Gasteiger partial charge in [-0.15, -0.1) is 0 Å². The lowest BCUT2D eigenvalue weighted by molar-refractivity contribution is -0.118. The largest absolute Gasteiger partial charge is 0.442 e. The van der Waals surface area contributed by atoms with Crippen molar-refractivity contribution in [2.45, 2.75) is 24.9 Å². The summed E-state index contributed by atoms with van der Waals surface area (Å²) in [7, 11) is 0. The minimum atomic E-state index is -4.35. The van der Waals surface area contributed by atoms with Crippen molar-refractivity contribution in [2.75, 3.05) is 12.3 Å². The Morgan fingerprint density at radius 3 is 2.57 bits per heavy atom. The lowest BCUT2D eigenvalue weighted by atomic mass is 10.2. The molecule has 0 spiro atoms. The van der Waals surface area contributed by atoms with Gasteiger partial charge in [0.25, 0.3) is 0 Å². The summed E-state index contributed by atoms with van der Waals surface area (Å²) in [5.41, 5.74) is 1.04. The van der Waals surface area contributed by atoms with Crippen LogP contribution in [0.25, 0.3) is 0 Å². The molecular formula is C7H13F3N2OS. The number of thioether (sulfide) groups is 1. The molecule has 0 bridgehead atoms. The van der Waals surface area contributed by atoms with E-state index in [1.807, 2.05) is 0 Å². The van der Waals surface area contributed by atoms with E-state index in [2.05, 4.69) is 5.32 Å². The van der Waals surface area contributed by atoms with E-state index < -0.39 is 17.2 Å². The van der Waals surface area contributed by atoms with Crippen molar-refractivity contribution in [3.8, 4) is 0 Å². The van der Waals surface area contributed by atoms with Crippen LogP contribution in [0.2, 0.25) is 0 Å². The number of hydrogen-bond acceptors (Lipinski definition) is 3. The van der Waals surface area contributed by atoms with Crippen LogP contribution in [0.4, 0.5) is 13.2 Å². The maximum absolute atomic E-state index is 11.6. The minimum Gasteiger partial charge on any atom is -0.355 e. The molecule has 0 aromatic heterocycles. The van der Waals surface area contributed by atoms with Crippen LogP contribution in [0.5, 0.6) is 0 Å². The molecule has 0 aromatic carbocycles. The topological polar surface area (TPSA) is 55.1 Å². The second kappa shape index (κ2) is 6.13. The Morgan fingerprint density at radius 1 is 1.57 bits per heavy atom. The van der Waals surface area contributed by atoms with Crippen molar-refractivity contribution in [1.29, 1.82) is 0 Å². The molecule has 0 fully saturated rings. The highest BCUT2D eigenvalue weighted by atomic mass is 32.2. The molecule has 0 heterocycles. The molecule has 0 aliphatic rings. The van der Waals surface area contributed by atoms with Gasteiger partial charge in [0, 0.05) is 12.6 Å². The van der Waals surface area contributed by atoms with Crippen molar-refractivity contribution in [1.82, 2.24) is 5.32 Å². The highest BCUT2D eigenvalue weighted by molar-refractivity contribution is 8.00. The molecule has 0 aliphatic heterocycles. The zero-order chi connectivity index (χ0) is 11.2. The molecule has 0 aliphatic carbocycles. The maximum atomic E-state index is 11.6. The number of hydrogen-bond donors (Lipinski definition) is 2. The third kappa shape index (κ3) is 9.66. The number of carbonyl (C=O) groups is 1. The van der Waals surface area contributed by atoms with E-state index in [0.717, 1.165) is 0 Å². The fourth-order valence-electron chi connectivity index (χ4n) is 0.638. The van der Waals surface area contributed by atoms with Gasteiger partial charge in [0.05, 0.1) is 5.75 Å². The Morgan fingerprint density at radius 2 is 2.14 bits per heavy atom. The quantitative estimate of drug-likeness (QED) is 0.743. The standard InChI is InChI=1S/C7H13F3N2OS/c1-5(11)2-3-12-6(13)4-14-7(8,9)10/h5H,2-4,11H2,1H3,(H,12,13). The fraction of sp³-hybridized carbons (Fsp3) is 0.857. The maximum Gasteiger partial charge on any atom is 0.442 e. The first kappa shape index (κ1) is 13.6. The Kier molecular flexibility index (Phi) is 5.94. The summed E-state index contributed by atoms with van der Waals surface area (Å²) in [6, 6.07) is -0.0643. The van der Waals surface area contributed by atoms with Crippen molar-refractivity contribution < 1.29 is 18.0 Å². The molecule has 7 heteroatoms. The van der Waals surface area contributed by atoms with Crippen molar-refractivity contribution in [3.05, 3.63) is 0 Å². The van der Waals surface area contributed by atoms with E-state index in [0.29, 0.717) is 13.0 Å². The average molecular weight is 230 g/mol. The summed E-state index contributed by atoms with van der Waals surface area (Å²) < 4.78 is 34.9. The number of carbonyl (C=O) groups excluding carboxylic acids is 1. The number of halogens is 3. The molecule has 0 saturated carbocycles. The molecule has 0 rings (SSSR count). The summed E-state index contributed by atoms with van der Waals surface area (Å²) in [6.45, 7) is 2.07. The van der Waals surface area contributed by atoms with Crippen LogP contribution in [0.1, 0.15) is 13.3 Å². The summed E-state index contributed by atoms with van der Waals surface area (Å²) in [6.07, 6.45) is 0.558. The predicted octanol–water partition coefficient (Wildman–Crippen LogP) is 1.09. The Balaban J connectivity index is 3.47. The number of nitrogens with two attached hydrogens (primary N) is 1. The zero-order valence-electron chi connectivity index (χ0n) is 7.73. The van der Waals surface area contributed by atoms with Gasteiger partial charge in [-0.05, 0) is 25.1 Å². The number of nitrogens with one attached hydrogen (secondary N) is 1. The zero-order valence-corrected chi connectivity index (χ0v) is 8.54. The summed E-state index contributed by atoms with van der Waals surface area (Å²) >= 11 is -0.343. The van der Waals surface area contributed by atoms with Gasteiger partial charge in [-0.2, -0.15) is 13.2 Å². The Labute approximate surface area is 84.6 Å². The van der Waals surface area contributed by atoms with Gasteiger partial charge in [-0.3, -0.25) is 4.79 Å². The molecule has 0 saturated heterocycles. The minimum absolute atomic E-state index is 0.0643. The van der Waals surface area contributed by atoms with Gasteiger partial charge in [-0.1, -0.05) is 0 Å². The molecule has 3 nitrogen and oxygen atoms in total. The van der Waals surface area contributed by atoms with Crippen LogP contribution in [0, 0.1) is 0 Å². The molecule has 1 atom stereocenters. The van der Waals surface area contributed by atoms with E-state index in [-0.39, 0.29) is 17.8 Å². The highest BCUT2D eigenvalue weighted by Gasteiger charge is 2.29. The average Bonchev–Trinajstić information content (AvgIpc) is 1.99. The monoisotopic (exact) mass is 230 g/mol. The van der Waals surface area contributed by atoms with Crippen molar-refractivity contribution in [3.63, 3.8) is 0 Å². The van der Waals surface area contributed by atoms with Gasteiger partial charge in [-0.25, -0.2) is 0 Å². The van der Waals surface area contributed by atoms with Crippen LogP contribution < -0.4 is 11.1 Å². The smallest absolute Gasteiger partial charge is 0.355 e. The van der Waals surface area contributed by atoms with Crippen LogP contribution in [0.3, 0.4) is 0 Å². The lowest BCUT2D eigenvalue weighted by Crippen LogP contribution is -2.30. The normalized spacial score (nSPS) is 13.8. The van der Waals surface area contributed by atoms with Crippen LogP contribution in [0.15, 0.2) is 0 Å². The molecule has 1 unspecified atom stereocenters. The Bertz CT molecular complexity index is 184. The van der Waals surface area contributed by atoms with E-state index in [1.54, 1.807) is 6.92 Å². The second-order valence-electron chi connectivity index (χ2n) is 2.85. The number of amides is 1. The molecule has 0 radical (unpaired) electrons. The first-order valence-electron chi connectivity index (χ1n) is 4.04. The lowest BCUT2D eigenvalue weighted by Gasteiger charge is -2.08. The van der Waals surface area contributed by atoms with Gasteiger partial charge < -0.3 is 11.1 Å². The predicted molar refractivity (Wildman–Crippen MR) is 49.8 cm³/mol. The molecule has 14 heavy (non-hydrogen) atoms. The SMILES string of the molecule is CC(N)CCNC(=O)CSC(F)(F)F. The second-order valence-corrected chi connectivity index (χ2v) is 3.89.